The zero-order chi connectivity index (χ0) is 19.2. The van der Waals surface area contributed by atoms with Gasteiger partial charge in [0.05, 0.1) is 6.26 Å². The van der Waals surface area contributed by atoms with Crippen molar-refractivity contribution in [3.63, 3.8) is 0 Å². The number of hydrogen-bond donors (Lipinski definition) is 1. The number of alkyl halides is 3. The van der Waals surface area contributed by atoms with Crippen LogP contribution in [-0.2, 0) is 11.0 Å². The van der Waals surface area contributed by atoms with Crippen molar-refractivity contribution >= 4 is 17.7 Å². The lowest BCUT2D eigenvalue weighted by molar-refractivity contribution is -0.141. The van der Waals surface area contributed by atoms with Crippen LogP contribution in [0.25, 0.3) is 11.5 Å². The second kappa shape index (κ2) is 9.07. The van der Waals surface area contributed by atoms with Crippen molar-refractivity contribution < 1.29 is 22.4 Å². The highest BCUT2D eigenvalue weighted by Gasteiger charge is 2.34. The lowest BCUT2D eigenvalue weighted by Crippen LogP contribution is -2.27. The molecule has 2 rings (SSSR count). The van der Waals surface area contributed by atoms with Crippen molar-refractivity contribution in [3.05, 3.63) is 30.2 Å². The summed E-state index contributed by atoms with van der Waals surface area (Å²) in [6.45, 7) is 4.60. The first-order valence-electron chi connectivity index (χ1n) is 8.15. The number of furan rings is 1. The maximum absolute atomic E-state index is 13.1. The molecule has 0 saturated carbocycles. The Morgan fingerprint density at radius 3 is 2.73 bits per heavy atom. The molecule has 9 heteroatoms. The van der Waals surface area contributed by atoms with Crippen molar-refractivity contribution in [1.82, 2.24) is 15.3 Å². The minimum Gasteiger partial charge on any atom is -0.463 e. The standard InChI is InChI=1S/C17H20F3N3O2S/c1-11(2)10-21-15(24)6-4-8-26-16-22-12(13-5-3-7-25-13)9-14(23-16)17(18,19)20/h3,5,7,9,11H,4,6,8,10H2,1-2H3,(H,21,24). The summed E-state index contributed by atoms with van der Waals surface area (Å²) in [5.41, 5.74) is -0.939. The van der Waals surface area contributed by atoms with Crippen LogP contribution >= 0.6 is 11.8 Å². The van der Waals surface area contributed by atoms with Crippen molar-refractivity contribution in [2.45, 2.75) is 38.0 Å². The third-order valence-electron chi connectivity index (χ3n) is 3.26. The number of rotatable bonds is 8. The number of halogens is 3. The molecule has 5 nitrogen and oxygen atoms in total. The Balaban J connectivity index is 1.98. The Kier molecular flexibility index (Phi) is 7.07. The second-order valence-electron chi connectivity index (χ2n) is 6.05. The summed E-state index contributed by atoms with van der Waals surface area (Å²) in [5, 5.41) is 2.80. The van der Waals surface area contributed by atoms with Gasteiger partial charge in [0.2, 0.25) is 5.91 Å². The lowest BCUT2D eigenvalue weighted by atomic mass is 10.2. The maximum atomic E-state index is 13.1. The highest BCUT2D eigenvalue weighted by Crippen LogP contribution is 2.32. The predicted molar refractivity (Wildman–Crippen MR) is 92.5 cm³/mol. The first-order chi connectivity index (χ1) is 12.3. The van der Waals surface area contributed by atoms with E-state index in [9.17, 15) is 18.0 Å². The molecule has 0 spiro atoms. The molecule has 0 aromatic carbocycles. The number of carbonyl (C=O) groups excluding carboxylic acids is 1. The molecular weight excluding hydrogens is 367 g/mol. The molecule has 0 aliphatic rings. The van der Waals surface area contributed by atoms with Crippen molar-refractivity contribution in [3.8, 4) is 11.5 Å². The molecule has 1 amide bonds. The Bertz CT molecular complexity index is 719. The van der Waals surface area contributed by atoms with E-state index in [4.69, 9.17) is 4.42 Å². The fraction of sp³-hybridized carbons (Fsp3) is 0.471. The van der Waals surface area contributed by atoms with Crippen LogP contribution in [0.15, 0.2) is 34.0 Å². The van der Waals surface area contributed by atoms with Gasteiger partial charge in [-0.3, -0.25) is 4.79 Å². The fourth-order valence-electron chi connectivity index (χ4n) is 1.99. The highest BCUT2D eigenvalue weighted by atomic mass is 32.2. The predicted octanol–water partition coefficient (Wildman–Crippen LogP) is 4.40. The molecular formula is C17H20F3N3O2S. The summed E-state index contributed by atoms with van der Waals surface area (Å²) in [7, 11) is 0. The minimum atomic E-state index is -4.57. The molecule has 0 fully saturated rings. The summed E-state index contributed by atoms with van der Waals surface area (Å²) in [6, 6.07) is 3.98. The van der Waals surface area contributed by atoms with Gasteiger partial charge in [-0.1, -0.05) is 25.6 Å². The zero-order valence-corrected chi connectivity index (χ0v) is 15.3. The number of thioether (sulfide) groups is 1. The summed E-state index contributed by atoms with van der Waals surface area (Å²) >= 11 is 1.08. The minimum absolute atomic E-state index is 0.00816. The van der Waals surface area contributed by atoms with Gasteiger partial charge in [0, 0.05) is 18.7 Å². The number of amides is 1. The van der Waals surface area contributed by atoms with Gasteiger partial charge >= 0.3 is 6.18 Å². The lowest BCUT2D eigenvalue weighted by Gasteiger charge is -2.09. The molecule has 0 aliphatic carbocycles. The quantitative estimate of drug-likeness (QED) is 0.413. The van der Waals surface area contributed by atoms with Crippen molar-refractivity contribution in [2.75, 3.05) is 12.3 Å². The van der Waals surface area contributed by atoms with E-state index in [2.05, 4.69) is 15.3 Å². The van der Waals surface area contributed by atoms with Crippen LogP contribution in [0.2, 0.25) is 0 Å². The van der Waals surface area contributed by atoms with Crippen LogP contribution in [0.4, 0.5) is 13.2 Å². The molecule has 0 radical (unpaired) electrons. The normalized spacial score (nSPS) is 11.8. The smallest absolute Gasteiger partial charge is 0.433 e. The molecule has 0 aliphatic heterocycles. The first kappa shape index (κ1) is 20.3. The van der Waals surface area contributed by atoms with E-state index in [0.717, 1.165) is 17.8 Å². The van der Waals surface area contributed by atoms with E-state index >= 15 is 0 Å². The molecule has 2 aromatic heterocycles. The molecule has 0 unspecified atom stereocenters. The highest BCUT2D eigenvalue weighted by molar-refractivity contribution is 7.99. The van der Waals surface area contributed by atoms with E-state index in [-0.39, 0.29) is 22.5 Å². The Labute approximate surface area is 153 Å². The molecule has 0 saturated heterocycles. The van der Waals surface area contributed by atoms with Crippen LogP contribution in [0.1, 0.15) is 32.4 Å². The maximum Gasteiger partial charge on any atom is 0.433 e. The first-order valence-corrected chi connectivity index (χ1v) is 9.14. The van der Waals surface area contributed by atoms with E-state index < -0.39 is 11.9 Å². The monoisotopic (exact) mass is 387 g/mol. The van der Waals surface area contributed by atoms with E-state index in [1.165, 1.54) is 12.3 Å². The van der Waals surface area contributed by atoms with Gasteiger partial charge in [0.1, 0.15) is 11.4 Å². The Morgan fingerprint density at radius 1 is 1.35 bits per heavy atom. The van der Waals surface area contributed by atoms with Crippen LogP contribution in [-0.4, -0.2) is 28.2 Å². The van der Waals surface area contributed by atoms with Crippen molar-refractivity contribution in [2.24, 2.45) is 5.92 Å². The number of carbonyl (C=O) groups is 1. The van der Waals surface area contributed by atoms with Crippen LogP contribution < -0.4 is 5.32 Å². The Morgan fingerprint density at radius 2 is 2.12 bits per heavy atom. The average Bonchev–Trinajstić information content (AvgIpc) is 3.10. The molecule has 2 aromatic rings. The molecule has 1 N–H and O–H groups in total. The van der Waals surface area contributed by atoms with Gasteiger partial charge in [-0.15, -0.1) is 0 Å². The SMILES string of the molecule is CC(C)CNC(=O)CCCSc1nc(-c2ccco2)cc(C(F)(F)F)n1. The molecule has 142 valence electrons. The van der Waals surface area contributed by atoms with E-state index in [0.29, 0.717) is 31.1 Å². The summed E-state index contributed by atoms with van der Waals surface area (Å²) in [4.78, 5) is 19.3. The van der Waals surface area contributed by atoms with Gasteiger partial charge in [-0.2, -0.15) is 13.2 Å². The number of hydrogen-bond acceptors (Lipinski definition) is 5. The topological polar surface area (TPSA) is 68.0 Å². The van der Waals surface area contributed by atoms with Crippen LogP contribution in [0.3, 0.4) is 0 Å². The van der Waals surface area contributed by atoms with Gasteiger partial charge in [-0.25, -0.2) is 9.97 Å². The number of aromatic nitrogens is 2. The number of nitrogens with zero attached hydrogens (tertiary/aromatic N) is 2. The third kappa shape index (κ3) is 6.36. The molecule has 26 heavy (non-hydrogen) atoms. The second-order valence-corrected chi connectivity index (χ2v) is 7.11. The largest absolute Gasteiger partial charge is 0.463 e. The summed E-state index contributed by atoms with van der Waals surface area (Å²) in [6.07, 6.45) is -2.38. The summed E-state index contributed by atoms with van der Waals surface area (Å²) in [5.74, 6) is 0.980. The third-order valence-corrected chi connectivity index (χ3v) is 4.19. The average molecular weight is 387 g/mol. The van der Waals surface area contributed by atoms with Gasteiger partial charge in [0.25, 0.3) is 0 Å². The summed E-state index contributed by atoms with van der Waals surface area (Å²) < 4.78 is 44.3. The van der Waals surface area contributed by atoms with E-state index in [1.807, 2.05) is 13.8 Å². The zero-order valence-electron chi connectivity index (χ0n) is 14.5. The fourth-order valence-corrected chi connectivity index (χ4v) is 2.79. The van der Waals surface area contributed by atoms with Crippen LogP contribution in [0, 0.1) is 5.92 Å². The van der Waals surface area contributed by atoms with E-state index in [1.54, 1.807) is 6.07 Å². The molecule has 2 heterocycles. The van der Waals surface area contributed by atoms with Crippen LogP contribution in [0.5, 0.6) is 0 Å². The molecule has 0 atom stereocenters. The Hall–Kier alpha value is -2.03. The van der Waals surface area contributed by atoms with Crippen molar-refractivity contribution in [1.29, 1.82) is 0 Å². The number of nitrogens with one attached hydrogen (secondary N) is 1. The molecule has 0 bridgehead atoms. The van der Waals surface area contributed by atoms with Gasteiger partial charge < -0.3 is 9.73 Å². The van der Waals surface area contributed by atoms with Gasteiger partial charge in [0.15, 0.2) is 10.9 Å². The van der Waals surface area contributed by atoms with Gasteiger partial charge in [-0.05, 0) is 30.5 Å².